The zero-order valence-electron chi connectivity index (χ0n) is 14.8. The maximum absolute atomic E-state index is 12.9. The molecule has 0 unspecified atom stereocenters. The van der Waals surface area contributed by atoms with Crippen LogP contribution in [0, 0.1) is 13.8 Å². The number of aryl methyl sites for hydroxylation is 2. The molecular weight excluding hydrogens is 356 g/mol. The molecule has 1 aliphatic heterocycles. The molecule has 0 aliphatic carbocycles. The second-order valence-electron chi connectivity index (χ2n) is 6.19. The fourth-order valence-electron chi connectivity index (χ4n) is 3.05. The largest absolute Gasteiger partial charge is 0.465 e. The van der Waals surface area contributed by atoms with Gasteiger partial charge in [-0.25, -0.2) is 8.42 Å². The van der Waals surface area contributed by atoms with Gasteiger partial charge in [0.25, 0.3) is 0 Å². The molecular formula is C17H22N4O4S. The summed E-state index contributed by atoms with van der Waals surface area (Å²) in [6.07, 6.45) is 5.18. The van der Waals surface area contributed by atoms with Gasteiger partial charge in [0.2, 0.25) is 15.9 Å². The molecule has 8 nitrogen and oxygen atoms in total. The minimum Gasteiger partial charge on any atom is -0.465 e. The van der Waals surface area contributed by atoms with Crippen molar-refractivity contribution in [1.29, 1.82) is 0 Å². The Morgan fingerprint density at radius 2 is 2.08 bits per heavy atom. The summed E-state index contributed by atoms with van der Waals surface area (Å²) in [5.74, 6) is 0.444. The van der Waals surface area contributed by atoms with Gasteiger partial charge in [0.05, 0.1) is 17.7 Å². The number of nitrogens with one attached hydrogen (secondary N) is 1. The summed E-state index contributed by atoms with van der Waals surface area (Å²) in [5.41, 5.74) is 0.988. The zero-order valence-corrected chi connectivity index (χ0v) is 15.6. The van der Waals surface area contributed by atoms with E-state index < -0.39 is 10.0 Å². The van der Waals surface area contributed by atoms with Gasteiger partial charge in [-0.2, -0.15) is 9.40 Å². The van der Waals surface area contributed by atoms with Gasteiger partial charge in [-0.05, 0) is 38.5 Å². The zero-order chi connectivity index (χ0) is 18.7. The van der Waals surface area contributed by atoms with Crippen LogP contribution in [0.5, 0.6) is 0 Å². The molecule has 3 rings (SSSR count). The number of carbonyl (C=O) groups excluding carboxylic acids is 1. The van der Waals surface area contributed by atoms with E-state index in [0.29, 0.717) is 43.2 Å². The van der Waals surface area contributed by atoms with Gasteiger partial charge in [0, 0.05) is 32.3 Å². The van der Waals surface area contributed by atoms with Crippen LogP contribution in [0.1, 0.15) is 23.6 Å². The van der Waals surface area contributed by atoms with Gasteiger partial charge in [-0.1, -0.05) is 0 Å². The highest BCUT2D eigenvalue weighted by molar-refractivity contribution is 7.89. The van der Waals surface area contributed by atoms with Crippen molar-refractivity contribution in [3.05, 3.63) is 41.6 Å². The number of carbonyl (C=O) groups is 1. The summed E-state index contributed by atoms with van der Waals surface area (Å²) >= 11 is 0. The minimum atomic E-state index is -3.63. The van der Waals surface area contributed by atoms with Gasteiger partial charge < -0.3 is 9.32 Å². The van der Waals surface area contributed by atoms with E-state index in [1.807, 2.05) is 0 Å². The highest BCUT2D eigenvalue weighted by atomic mass is 32.2. The molecule has 2 aromatic rings. The van der Waals surface area contributed by atoms with Crippen molar-refractivity contribution in [2.24, 2.45) is 0 Å². The third-order valence-electron chi connectivity index (χ3n) is 4.36. The number of aromatic amines is 1. The van der Waals surface area contributed by atoms with E-state index in [0.717, 1.165) is 0 Å². The Balaban J connectivity index is 1.69. The molecule has 9 heteroatoms. The summed E-state index contributed by atoms with van der Waals surface area (Å²) in [7, 11) is -3.63. The van der Waals surface area contributed by atoms with Crippen LogP contribution in [0.3, 0.4) is 0 Å². The van der Waals surface area contributed by atoms with E-state index in [-0.39, 0.29) is 17.3 Å². The molecule has 1 amide bonds. The van der Waals surface area contributed by atoms with Crippen molar-refractivity contribution in [1.82, 2.24) is 19.4 Å². The lowest BCUT2D eigenvalue weighted by molar-refractivity contribution is -0.125. The van der Waals surface area contributed by atoms with Crippen LogP contribution in [0.4, 0.5) is 0 Å². The average Bonchev–Trinajstić information content (AvgIpc) is 3.15. The van der Waals surface area contributed by atoms with Gasteiger partial charge in [-0.15, -0.1) is 0 Å². The molecule has 1 saturated heterocycles. The van der Waals surface area contributed by atoms with E-state index in [9.17, 15) is 13.2 Å². The molecule has 2 aromatic heterocycles. The maximum atomic E-state index is 12.9. The summed E-state index contributed by atoms with van der Waals surface area (Å²) in [5, 5.41) is 6.70. The SMILES string of the molecule is Cc1n[nH]c(C)c1S(=O)(=O)N1CCCN(C(=O)/C=C/c2ccco2)CC1. The van der Waals surface area contributed by atoms with Gasteiger partial charge in [0.1, 0.15) is 10.7 Å². The monoisotopic (exact) mass is 378 g/mol. The maximum Gasteiger partial charge on any atom is 0.246 e. The molecule has 26 heavy (non-hydrogen) atoms. The molecule has 0 atom stereocenters. The van der Waals surface area contributed by atoms with E-state index in [1.54, 1.807) is 43.2 Å². The van der Waals surface area contributed by atoms with Crippen LogP contribution in [0.2, 0.25) is 0 Å². The Bertz CT molecular complexity index is 880. The number of hydrogen-bond donors (Lipinski definition) is 1. The Labute approximate surface area is 152 Å². The molecule has 3 heterocycles. The Morgan fingerprint density at radius 3 is 2.73 bits per heavy atom. The van der Waals surface area contributed by atoms with E-state index in [4.69, 9.17) is 4.42 Å². The average molecular weight is 378 g/mol. The Kier molecular flexibility index (Phi) is 5.28. The Morgan fingerprint density at radius 1 is 1.27 bits per heavy atom. The standard InChI is InChI=1S/C17H22N4O4S/c1-13-17(14(2)19-18-13)26(23,24)21-9-4-8-20(10-11-21)16(22)7-6-15-5-3-12-25-15/h3,5-7,12H,4,8-11H2,1-2H3,(H,18,19)/b7-6+. The molecule has 0 radical (unpaired) electrons. The van der Waals surface area contributed by atoms with E-state index in [1.165, 1.54) is 10.4 Å². The van der Waals surface area contributed by atoms with Gasteiger partial charge in [-0.3, -0.25) is 9.89 Å². The first-order valence-electron chi connectivity index (χ1n) is 8.42. The minimum absolute atomic E-state index is 0.156. The summed E-state index contributed by atoms with van der Waals surface area (Å²) in [6, 6.07) is 3.51. The van der Waals surface area contributed by atoms with Gasteiger partial charge in [0.15, 0.2) is 0 Å². The fraction of sp³-hybridized carbons (Fsp3) is 0.412. The highest BCUT2D eigenvalue weighted by Crippen LogP contribution is 2.22. The van der Waals surface area contributed by atoms with Crippen LogP contribution >= 0.6 is 0 Å². The number of sulfonamides is 1. The molecule has 1 fully saturated rings. The molecule has 1 N–H and O–H groups in total. The third kappa shape index (κ3) is 3.73. The molecule has 0 aromatic carbocycles. The first kappa shape index (κ1) is 18.4. The second-order valence-corrected chi connectivity index (χ2v) is 8.07. The number of H-pyrrole nitrogens is 1. The van der Waals surface area contributed by atoms with Crippen molar-refractivity contribution in [3.8, 4) is 0 Å². The van der Waals surface area contributed by atoms with Crippen LogP contribution in [-0.4, -0.2) is 59.9 Å². The topological polar surface area (TPSA) is 99.5 Å². The van der Waals surface area contributed by atoms with Gasteiger partial charge >= 0.3 is 0 Å². The summed E-state index contributed by atoms with van der Waals surface area (Å²) < 4.78 is 32.5. The summed E-state index contributed by atoms with van der Waals surface area (Å²) in [6.45, 7) is 4.85. The molecule has 0 bridgehead atoms. The first-order valence-corrected chi connectivity index (χ1v) is 9.86. The van der Waals surface area contributed by atoms with Crippen LogP contribution in [-0.2, 0) is 14.8 Å². The number of furan rings is 1. The van der Waals surface area contributed by atoms with Crippen molar-refractivity contribution in [2.45, 2.75) is 25.2 Å². The highest BCUT2D eigenvalue weighted by Gasteiger charge is 2.31. The van der Waals surface area contributed by atoms with Crippen molar-refractivity contribution in [3.63, 3.8) is 0 Å². The smallest absolute Gasteiger partial charge is 0.246 e. The fourth-order valence-corrected chi connectivity index (χ4v) is 4.85. The normalized spacial score (nSPS) is 16.9. The van der Waals surface area contributed by atoms with E-state index in [2.05, 4.69) is 10.2 Å². The molecule has 0 saturated carbocycles. The van der Waals surface area contributed by atoms with E-state index >= 15 is 0 Å². The Hall–Kier alpha value is -2.39. The van der Waals surface area contributed by atoms with Crippen LogP contribution < -0.4 is 0 Å². The quantitative estimate of drug-likeness (QED) is 0.814. The van der Waals surface area contributed by atoms with Crippen LogP contribution in [0.15, 0.2) is 33.8 Å². The lowest BCUT2D eigenvalue weighted by Gasteiger charge is -2.21. The third-order valence-corrected chi connectivity index (χ3v) is 6.52. The van der Waals surface area contributed by atoms with Crippen molar-refractivity contribution >= 4 is 22.0 Å². The second kappa shape index (κ2) is 7.46. The lowest BCUT2D eigenvalue weighted by Crippen LogP contribution is -2.37. The van der Waals surface area contributed by atoms with Crippen molar-refractivity contribution in [2.75, 3.05) is 26.2 Å². The number of nitrogens with zero attached hydrogens (tertiary/aromatic N) is 3. The molecule has 0 spiro atoms. The molecule has 140 valence electrons. The first-order chi connectivity index (χ1) is 12.4. The predicted octanol–water partition coefficient (Wildman–Crippen LogP) is 1.56. The number of rotatable bonds is 4. The number of aromatic nitrogens is 2. The molecule has 1 aliphatic rings. The predicted molar refractivity (Wildman–Crippen MR) is 95.8 cm³/mol. The summed E-state index contributed by atoms with van der Waals surface area (Å²) in [4.78, 5) is 14.2. The van der Waals surface area contributed by atoms with Crippen LogP contribution in [0.25, 0.3) is 6.08 Å². The number of hydrogen-bond acceptors (Lipinski definition) is 5. The number of amides is 1. The lowest BCUT2D eigenvalue weighted by atomic mass is 10.3. The van der Waals surface area contributed by atoms with Crippen molar-refractivity contribution < 1.29 is 17.6 Å².